The smallest absolute Gasteiger partial charge is 0.460 e. The number of carbonyl (C=O) groups excluding carboxylic acids is 1. The zero-order chi connectivity index (χ0) is 23.3. The van der Waals surface area contributed by atoms with Gasteiger partial charge in [-0.3, -0.25) is 9.78 Å². The lowest BCUT2D eigenvalue weighted by atomic mass is 10.2. The quantitative estimate of drug-likeness (QED) is 0.537. The Morgan fingerprint density at radius 3 is 2.16 bits per heavy atom. The number of hydrogen-bond acceptors (Lipinski definition) is 4. The fourth-order valence-electron chi connectivity index (χ4n) is 2.16. The number of ether oxygens (including phenoxy) is 2. The molecule has 170 valence electrons. The Kier molecular flexibility index (Phi) is 7.47. The summed E-state index contributed by atoms with van der Waals surface area (Å²) in [4.78, 5) is 16.2. The molecule has 0 fully saturated rings. The molecule has 5 nitrogen and oxygen atoms in total. The molecule has 0 radical (unpaired) electrons. The van der Waals surface area contributed by atoms with Gasteiger partial charge in [0, 0.05) is 18.5 Å². The van der Waals surface area contributed by atoms with E-state index in [0.29, 0.717) is 12.3 Å². The molecule has 2 aromatic rings. The molecule has 0 spiro atoms. The molecular weight excluding hydrogens is 437 g/mol. The summed E-state index contributed by atoms with van der Waals surface area (Å²) in [7, 11) is 0. The number of amides is 1. The van der Waals surface area contributed by atoms with E-state index >= 15 is 0 Å². The highest BCUT2D eigenvalue weighted by atomic mass is 19.4. The topological polar surface area (TPSA) is 60.5 Å². The van der Waals surface area contributed by atoms with E-state index in [-0.39, 0.29) is 17.9 Å². The standard InChI is InChI=1S/C19H17F7N2O3/c1-2-30-10-14-4-3-12(9-27-14)16(29)28-13-5-7-15(8-6-13)31-11-17(20,21)18(22,23)19(24,25)26/h3-9H,2,10-11H2,1H3,(H,28,29). The van der Waals surface area contributed by atoms with Crippen LogP contribution in [0.5, 0.6) is 5.75 Å². The first-order valence-corrected chi connectivity index (χ1v) is 8.76. The molecule has 0 atom stereocenters. The first-order valence-electron chi connectivity index (χ1n) is 8.76. The average Bonchev–Trinajstić information content (AvgIpc) is 2.71. The van der Waals surface area contributed by atoms with Gasteiger partial charge in [0.1, 0.15) is 5.75 Å². The van der Waals surface area contributed by atoms with Crippen LogP contribution < -0.4 is 10.1 Å². The molecule has 0 saturated carbocycles. The Bertz CT molecular complexity index is 870. The molecule has 2 rings (SSSR count). The average molecular weight is 454 g/mol. The maximum Gasteiger partial charge on any atom is 0.460 e. The van der Waals surface area contributed by atoms with Gasteiger partial charge in [0.25, 0.3) is 5.91 Å². The lowest BCUT2D eigenvalue weighted by Crippen LogP contribution is -2.54. The van der Waals surface area contributed by atoms with Crippen LogP contribution in [0.4, 0.5) is 36.4 Å². The van der Waals surface area contributed by atoms with Crippen LogP contribution in [0.1, 0.15) is 23.0 Å². The van der Waals surface area contributed by atoms with Crippen LogP contribution in [0.3, 0.4) is 0 Å². The highest BCUT2D eigenvalue weighted by Gasteiger charge is 2.73. The Labute approximate surface area is 172 Å². The number of alkyl halides is 7. The normalized spacial score (nSPS) is 12.5. The minimum absolute atomic E-state index is 0.197. The van der Waals surface area contributed by atoms with Gasteiger partial charge in [-0.25, -0.2) is 0 Å². The van der Waals surface area contributed by atoms with Gasteiger partial charge in [-0.15, -0.1) is 0 Å². The van der Waals surface area contributed by atoms with Crippen molar-refractivity contribution in [3.63, 3.8) is 0 Å². The van der Waals surface area contributed by atoms with Crippen molar-refractivity contribution in [1.82, 2.24) is 4.98 Å². The third-order valence-corrected chi connectivity index (χ3v) is 3.89. The van der Waals surface area contributed by atoms with Crippen molar-refractivity contribution in [2.24, 2.45) is 0 Å². The van der Waals surface area contributed by atoms with Gasteiger partial charge in [-0.1, -0.05) is 0 Å². The van der Waals surface area contributed by atoms with Crippen LogP contribution in [-0.4, -0.2) is 42.1 Å². The van der Waals surface area contributed by atoms with E-state index in [0.717, 1.165) is 12.1 Å². The Morgan fingerprint density at radius 2 is 1.65 bits per heavy atom. The number of hydrogen-bond donors (Lipinski definition) is 1. The van der Waals surface area contributed by atoms with Crippen molar-refractivity contribution in [2.75, 3.05) is 18.5 Å². The van der Waals surface area contributed by atoms with Crippen molar-refractivity contribution in [1.29, 1.82) is 0 Å². The molecule has 0 bridgehead atoms. The predicted octanol–water partition coefficient (Wildman–Crippen LogP) is 5.08. The minimum atomic E-state index is -6.43. The molecule has 0 aliphatic rings. The highest BCUT2D eigenvalue weighted by molar-refractivity contribution is 6.04. The number of anilines is 1. The second kappa shape index (κ2) is 9.50. The molecule has 0 aliphatic heterocycles. The largest absolute Gasteiger partial charge is 0.487 e. The Morgan fingerprint density at radius 1 is 1.00 bits per heavy atom. The van der Waals surface area contributed by atoms with Crippen LogP contribution >= 0.6 is 0 Å². The Hall–Kier alpha value is -2.89. The third kappa shape index (κ3) is 6.06. The first kappa shape index (κ1) is 24.4. The number of benzene rings is 1. The van der Waals surface area contributed by atoms with Crippen molar-refractivity contribution >= 4 is 11.6 Å². The van der Waals surface area contributed by atoms with Gasteiger partial charge in [0.15, 0.2) is 6.61 Å². The second-order valence-electron chi connectivity index (χ2n) is 6.22. The molecule has 1 aromatic heterocycles. The first-order chi connectivity index (χ1) is 14.4. The number of nitrogens with zero attached hydrogens (tertiary/aromatic N) is 1. The fraction of sp³-hybridized carbons (Fsp3) is 0.368. The molecule has 0 aliphatic carbocycles. The van der Waals surface area contributed by atoms with Gasteiger partial charge in [0.2, 0.25) is 0 Å². The van der Waals surface area contributed by atoms with E-state index in [1.165, 1.54) is 24.4 Å². The number of carbonyl (C=O) groups is 1. The number of nitrogens with one attached hydrogen (secondary N) is 1. The van der Waals surface area contributed by atoms with Gasteiger partial charge < -0.3 is 14.8 Å². The molecule has 0 unspecified atom stereocenters. The van der Waals surface area contributed by atoms with Crippen LogP contribution in [0.25, 0.3) is 0 Å². The molecule has 1 N–H and O–H groups in total. The summed E-state index contributed by atoms with van der Waals surface area (Å²) in [6.07, 6.45) is -5.10. The van der Waals surface area contributed by atoms with Crippen LogP contribution in [0.2, 0.25) is 0 Å². The van der Waals surface area contributed by atoms with E-state index < -0.39 is 36.3 Å². The summed E-state index contributed by atoms with van der Waals surface area (Å²) in [6.45, 7) is 0.423. The van der Waals surface area contributed by atoms with Crippen LogP contribution in [0.15, 0.2) is 42.6 Å². The highest BCUT2D eigenvalue weighted by Crippen LogP contribution is 2.46. The van der Waals surface area contributed by atoms with E-state index in [4.69, 9.17) is 4.74 Å². The van der Waals surface area contributed by atoms with Crippen molar-refractivity contribution in [2.45, 2.75) is 31.6 Å². The molecular formula is C19H17F7N2O3. The molecule has 1 heterocycles. The van der Waals surface area contributed by atoms with Gasteiger partial charge in [0.05, 0.1) is 17.9 Å². The van der Waals surface area contributed by atoms with E-state index in [9.17, 15) is 35.5 Å². The summed E-state index contributed by atoms with van der Waals surface area (Å²) in [6, 6.07) is 7.56. The summed E-state index contributed by atoms with van der Waals surface area (Å²) < 4.78 is 98.1. The minimum Gasteiger partial charge on any atom is -0.487 e. The monoisotopic (exact) mass is 454 g/mol. The van der Waals surface area contributed by atoms with E-state index in [1.54, 1.807) is 6.07 Å². The molecule has 31 heavy (non-hydrogen) atoms. The van der Waals surface area contributed by atoms with Crippen LogP contribution in [0, 0.1) is 0 Å². The maximum absolute atomic E-state index is 13.3. The third-order valence-electron chi connectivity index (χ3n) is 3.89. The van der Waals surface area contributed by atoms with Crippen molar-refractivity contribution in [3.05, 3.63) is 53.9 Å². The van der Waals surface area contributed by atoms with E-state index in [2.05, 4.69) is 15.0 Å². The van der Waals surface area contributed by atoms with Crippen LogP contribution in [-0.2, 0) is 11.3 Å². The van der Waals surface area contributed by atoms with Gasteiger partial charge >= 0.3 is 18.0 Å². The summed E-state index contributed by atoms with van der Waals surface area (Å²) in [5.74, 6) is -12.7. The molecule has 0 saturated heterocycles. The second-order valence-corrected chi connectivity index (χ2v) is 6.22. The lowest BCUT2D eigenvalue weighted by molar-refractivity contribution is -0.358. The van der Waals surface area contributed by atoms with Crippen molar-refractivity contribution < 1.29 is 45.0 Å². The molecule has 1 amide bonds. The van der Waals surface area contributed by atoms with E-state index in [1.807, 2.05) is 6.92 Å². The molecule has 1 aromatic carbocycles. The lowest BCUT2D eigenvalue weighted by Gasteiger charge is -2.27. The zero-order valence-corrected chi connectivity index (χ0v) is 16.0. The van der Waals surface area contributed by atoms with Gasteiger partial charge in [-0.05, 0) is 43.3 Å². The number of aromatic nitrogens is 1. The number of halogens is 7. The zero-order valence-electron chi connectivity index (χ0n) is 16.0. The summed E-state index contributed by atoms with van der Waals surface area (Å²) in [5, 5.41) is 2.48. The van der Waals surface area contributed by atoms with Crippen molar-refractivity contribution in [3.8, 4) is 5.75 Å². The predicted molar refractivity (Wildman–Crippen MR) is 95.4 cm³/mol. The van der Waals surface area contributed by atoms with Gasteiger partial charge in [-0.2, -0.15) is 30.7 Å². The maximum atomic E-state index is 13.3. The number of rotatable bonds is 9. The summed E-state index contributed by atoms with van der Waals surface area (Å²) >= 11 is 0. The summed E-state index contributed by atoms with van der Waals surface area (Å²) in [5.41, 5.74) is 1.03. The Balaban J connectivity index is 1.95. The molecule has 12 heteroatoms. The SMILES string of the molecule is CCOCc1ccc(C(=O)Nc2ccc(OCC(F)(F)C(F)(F)C(F)(F)F)cc2)cn1. The number of pyridine rings is 1. The fourth-order valence-corrected chi connectivity index (χ4v) is 2.16.